The highest BCUT2D eigenvalue weighted by Gasteiger charge is 2.14. The third kappa shape index (κ3) is 8.99. The minimum absolute atomic E-state index is 0.0507. The molecule has 0 unspecified atom stereocenters. The van der Waals surface area contributed by atoms with E-state index in [1.807, 2.05) is 0 Å². The van der Waals surface area contributed by atoms with E-state index in [0.29, 0.717) is 22.5 Å². The summed E-state index contributed by atoms with van der Waals surface area (Å²) in [6.07, 6.45) is -5.78. The van der Waals surface area contributed by atoms with E-state index in [2.05, 4.69) is 14.7 Å². The summed E-state index contributed by atoms with van der Waals surface area (Å²) in [4.78, 5) is 30.9. The molecule has 0 amide bonds. The Bertz CT molecular complexity index is 1540. The lowest BCUT2D eigenvalue weighted by atomic mass is 10.1. The fourth-order valence-electron chi connectivity index (χ4n) is 3.62. The molecular formula is C29H22Cl2F4N2O4. The summed E-state index contributed by atoms with van der Waals surface area (Å²) in [5, 5.41) is 9.38. The quantitative estimate of drug-likeness (QED) is 0.161. The molecule has 214 valence electrons. The second kappa shape index (κ2) is 14.6. The number of carboxylic acid groups (broad SMARTS) is 1. The molecule has 0 spiro atoms. The van der Waals surface area contributed by atoms with Crippen LogP contribution in [0.15, 0.2) is 72.8 Å². The second-order valence-electron chi connectivity index (χ2n) is 8.40. The number of carbonyl (C=O) groups excluding carboxylic acids is 1. The summed E-state index contributed by atoms with van der Waals surface area (Å²) in [7, 11) is 1.26. The summed E-state index contributed by atoms with van der Waals surface area (Å²) in [6.45, 7) is 0. The van der Waals surface area contributed by atoms with Crippen molar-refractivity contribution in [1.29, 1.82) is 0 Å². The molecule has 0 radical (unpaired) electrons. The number of carbonyl (C=O) groups is 2. The zero-order chi connectivity index (χ0) is 30.1. The van der Waals surface area contributed by atoms with Crippen LogP contribution in [-0.4, -0.2) is 47.0 Å². The summed E-state index contributed by atoms with van der Waals surface area (Å²) in [6, 6.07) is 18.8. The molecule has 41 heavy (non-hydrogen) atoms. The van der Waals surface area contributed by atoms with Gasteiger partial charge in [-0.15, -0.1) is 0 Å². The SMILES string of the molecule is COC(=O)c1cc(-c2cccc(CC(F)F)n2)ccc1Cl.O=C(O)c1cc(-c2cccc(CC(F)F)n2)ccc1Cl. The molecule has 0 atom stereocenters. The Morgan fingerprint density at radius 3 is 1.61 bits per heavy atom. The van der Waals surface area contributed by atoms with E-state index >= 15 is 0 Å². The van der Waals surface area contributed by atoms with Crippen molar-refractivity contribution < 1.29 is 37.0 Å². The van der Waals surface area contributed by atoms with Crippen LogP contribution in [0.2, 0.25) is 10.0 Å². The largest absolute Gasteiger partial charge is 0.478 e. The maximum atomic E-state index is 12.4. The average molecular weight is 609 g/mol. The number of esters is 1. The highest BCUT2D eigenvalue weighted by Crippen LogP contribution is 2.26. The molecular weight excluding hydrogens is 587 g/mol. The minimum atomic E-state index is -2.47. The fraction of sp³-hybridized carbons (Fsp3) is 0.172. The monoisotopic (exact) mass is 608 g/mol. The number of alkyl halides is 4. The number of aromatic nitrogens is 2. The van der Waals surface area contributed by atoms with Crippen LogP contribution < -0.4 is 0 Å². The minimum Gasteiger partial charge on any atom is -0.478 e. The zero-order valence-corrected chi connectivity index (χ0v) is 22.8. The lowest BCUT2D eigenvalue weighted by molar-refractivity contribution is 0.0600. The molecule has 0 fully saturated rings. The maximum absolute atomic E-state index is 12.4. The van der Waals surface area contributed by atoms with Crippen molar-refractivity contribution in [2.45, 2.75) is 25.7 Å². The van der Waals surface area contributed by atoms with Crippen molar-refractivity contribution in [2.75, 3.05) is 7.11 Å². The van der Waals surface area contributed by atoms with Gasteiger partial charge in [0.25, 0.3) is 0 Å². The van der Waals surface area contributed by atoms with Crippen LogP contribution in [0.4, 0.5) is 17.6 Å². The van der Waals surface area contributed by atoms with Gasteiger partial charge in [0.15, 0.2) is 0 Å². The summed E-state index contributed by atoms with van der Waals surface area (Å²) in [5.74, 6) is -1.72. The predicted octanol–water partition coefficient (Wildman–Crippen LogP) is 7.90. The highest BCUT2D eigenvalue weighted by atomic mass is 35.5. The first kappa shape index (κ1) is 31.5. The molecule has 0 aliphatic heterocycles. The molecule has 1 N–H and O–H groups in total. The Hall–Kier alpha value is -4.02. The Kier molecular flexibility index (Phi) is 11.2. The molecule has 2 aromatic heterocycles. The third-order valence-electron chi connectivity index (χ3n) is 5.50. The van der Waals surface area contributed by atoms with Crippen LogP contribution in [0.25, 0.3) is 22.5 Å². The van der Waals surface area contributed by atoms with Crippen molar-refractivity contribution in [3.8, 4) is 22.5 Å². The number of hydrogen-bond donors (Lipinski definition) is 1. The van der Waals surface area contributed by atoms with Gasteiger partial charge in [-0.2, -0.15) is 0 Å². The van der Waals surface area contributed by atoms with Crippen LogP contribution in [0.1, 0.15) is 32.1 Å². The van der Waals surface area contributed by atoms with E-state index in [9.17, 15) is 27.2 Å². The van der Waals surface area contributed by atoms with E-state index < -0.39 is 37.6 Å². The molecule has 2 aromatic carbocycles. The third-order valence-corrected chi connectivity index (χ3v) is 6.16. The van der Waals surface area contributed by atoms with Crippen LogP contribution in [0.5, 0.6) is 0 Å². The van der Waals surface area contributed by atoms with Gasteiger partial charge in [0, 0.05) is 22.5 Å². The molecule has 4 aromatic rings. The number of pyridine rings is 2. The van der Waals surface area contributed by atoms with E-state index in [0.717, 1.165) is 0 Å². The molecule has 0 saturated carbocycles. The van der Waals surface area contributed by atoms with E-state index in [1.54, 1.807) is 42.5 Å². The first-order valence-corrected chi connectivity index (χ1v) is 12.6. The van der Waals surface area contributed by atoms with Gasteiger partial charge in [-0.1, -0.05) is 47.5 Å². The van der Waals surface area contributed by atoms with E-state index in [1.165, 1.54) is 37.4 Å². The van der Waals surface area contributed by atoms with Gasteiger partial charge >= 0.3 is 11.9 Å². The van der Waals surface area contributed by atoms with Gasteiger partial charge in [0.1, 0.15) is 0 Å². The predicted molar refractivity (Wildman–Crippen MR) is 147 cm³/mol. The number of nitrogens with zero attached hydrogens (tertiary/aromatic N) is 2. The molecule has 0 aliphatic rings. The van der Waals surface area contributed by atoms with E-state index in [-0.39, 0.29) is 32.6 Å². The molecule has 0 saturated heterocycles. The normalized spacial score (nSPS) is 10.8. The standard InChI is InChI=1S/C15H12ClF2NO2.C14H10ClF2NO2/c1-21-15(20)11-7-9(5-6-12(11)16)13-4-2-3-10(19-13)8-14(17)18;15-11-5-4-8(6-10(11)14(19)20)12-3-1-2-9(18-12)7-13(16)17/h2-7,14H,8H2,1H3;1-6,13H,7H2,(H,19,20). The lowest BCUT2D eigenvalue weighted by Gasteiger charge is -2.07. The summed E-state index contributed by atoms with van der Waals surface area (Å²) in [5.41, 5.74) is 2.75. The van der Waals surface area contributed by atoms with Crippen molar-refractivity contribution in [3.05, 3.63) is 105 Å². The van der Waals surface area contributed by atoms with Crippen molar-refractivity contribution in [3.63, 3.8) is 0 Å². The molecule has 12 heteroatoms. The Balaban J connectivity index is 0.000000226. The van der Waals surface area contributed by atoms with Crippen molar-refractivity contribution in [2.24, 2.45) is 0 Å². The Morgan fingerprint density at radius 2 is 1.20 bits per heavy atom. The van der Waals surface area contributed by atoms with Gasteiger partial charge in [-0.25, -0.2) is 27.2 Å². The zero-order valence-electron chi connectivity index (χ0n) is 21.3. The summed E-state index contributed by atoms with van der Waals surface area (Å²) >= 11 is 11.7. The van der Waals surface area contributed by atoms with Gasteiger partial charge < -0.3 is 9.84 Å². The highest BCUT2D eigenvalue weighted by molar-refractivity contribution is 6.34. The lowest BCUT2D eigenvalue weighted by Crippen LogP contribution is -2.03. The number of aromatic carboxylic acids is 1. The van der Waals surface area contributed by atoms with Gasteiger partial charge in [-0.05, 0) is 48.5 Å². The van der Waals surface area contributed by atoms with Gasteiger partial charge in [0.05, 0.1) is 52.5 Å². The van der Waals surface area contributed by atoms with Crippen LogP contribution >= 0.6 is 23.2 Å². The number of carboxylic acids is 1. The van der Waals surface area contributed by atoms with Crippen LogP contribution in [0.3, 0.4) is 0 Å². The average Bonchev–Trinajstić information content (AvgIpc) is 2.93. The summed E-state index contributed by atoms with van der Waals surface area (Å²) < 4.78 is 54.1. The van der Waals surface area contributed by atoms with Crippen molar-refractivity contribution in [1.82, 2.24) is 9.97 Å². The number of rotatable bonds is 8. The Morgan fingerprint density at radius 1 is 0.756 bits per heavy atom. The van der Waals surface area contributed by atoms with Crippen LogP contribution in [-0.2, 0) is 17.6 Å². The number of benzene rings is 2. The second-order valence-corrected chi connectivity index (χ2v) is 9.22. The van der Waals surface area contributed by atoms with Crippen molar-refractivity contribution >= 4 is 35.1 Å². The number of halogens is 6. The smallest absolute Gasteiger partial charge is 0.339 e. The van der Waals surface area contributed by atoms with E-state index in [4.69, 9.17) is 28.3 Å². The molecule has 0 aliphatic carbocycles. The number of methoxy groups -OCH3 is 1. The van der Waals surface area contributed by atoms with Gasteiger partial charge in [0.2, 0.25) is 12.9 Å². The number of ether oxygens (including phenoxy) is 1. The first-order chi connectivity index (χ1) is 19.5. The molecule has 6 nitrogen and oxygen atoms in total. The van der Waals surface area contributed by atoms with Gasteiger partial charge in [-0.3, -0.25) is 9.97 Å². The molecule has 0 bridgehead atoms. The molecule has 2 heterocycles. The number of hydrogen-bond acceptors (Lipinski definition) is 5. The Labute approximate surface area is 242 Å². The fourth-order valence-corrected chi connectivity index (χ4v) is 4.02. The topological polar surface area (TPSA) is 89.4 Å². The maximum Gasteiger partial charge on any atom is 0.339 e. The van der Waals surface area contributed by atoms with Crippen LogP contribution in [0, 0.1) is 0 Å². The first-order valence-electron chi connectivity index (χ1n) is 11.9. The molecule has 4 rings (SSSR count).